The van der Waals surface area contributed by atoms with Crippen molar-refractivity contribution in [2.75, 3.05) is 18.1 Å². The first-order chi connectivity index (χ1) is 15.4. The van der Waals surface area contributed by atoms with Crippen LogP contribution in [-0.4, -0.2) is 32.6 Å². The molecule has 3 aromatic rings. The van der Waals surface area contributed by atoms with E-state index in [9.17, 15) is 13.2 Å². The smallest absolute Gasteiger partial charge is 0.261 e. The molecule has 3 aromatic carbocycles. The maximum absolute atomic E-state index is 13.1. The molecule has 0 saturated carbocycles. The first kappa shape index (κ1) is 22.0. The van der Waals surface area contributed by atoms with Gasteiger partial charge in [-0.1, -0.05) is 35.9 Å². The van der Waals surface area contributed by atoms with Crippen molar-refractivity contribution in [3.05, 3.63) is 82.9 Å². The minimum Gasteiger partial charge on any atom is -0.454 e. The van der Waals surface area contributed by atoms with Crippen LogP contribution in [0, 0.1) is 0 Å². The second kappa shape index (κ2) is 9.10. The summed E-state index contributed by atoms with van der Waals surface area (Å²) in [7, 11) is -3.93. The van der Waals surface area contributed by atoms with Crippen molar-refractivity contribution in [1.82, 2.24) is 4.90 Å². The Kier molecular flexibility index (Phi) is 6.25. The fraction of sp³-hybridized carbons (Fsp3) is 0.174. The molecule has 1 N–H and O–H groups in total. The standard InChI is InChI=1S/C23H21ClN2O5S/c1-2-26(14-16-10-11-21-22(12-16)31-15-30-21)23(27)17-6-5-7-18(13-17)32(28,29)25-20-9-4-3-8-19(20)24/h3-13,25H,2,14-15H2,1H3. The van der Waals surface area contributed by atoms with E-state index in [1.165, 1.54) is 12.1 Å². The molecule has 7 nitrogen and oxygen atoms in total. The van der Waals surface area contributed by atoms with Gasteiger partial charge in [0, 0.05) is 18.7 Å². The fourth-order valence-corrected chi connectivity index (χ4v) is 4.68. The summed E-state index contributed by atoms with van der Waals surface area (Å²) in [6.07, 6.45) is 0. The van der Waals surface area contributed by atoms with E-state index in [1.807, 2.05) is 25.1 Å². The zero-order valence-corrected chi connectivity index (χ0v) is 18.8. The van der Waals surface area contributed by atoms with Gasteiger partial charge in [-0.3, -0.25) is 9.52 Å². The van der Waals surface area contributed by atoms with Gasteiger partial charge in [-0.05, 0) is 55.0 Å². The molecule has 0 radical (unpaired) electrons. The van der Waals surface area contributed by atoms with E-state index >= 15 is 0 Å². The molecular formula is C23H21ClN2O5S. The van der Waals surface area contributed by atoms with Gasteiger partial charge in [0.15, 0.2) is 11.5 Å². The molecule has 0 saturated heterocycles. The lowest BCUT2D eigenvalue weighted by molar-refractivity contribution is 0.0752. The molecule has 1 aliphatic rings. The number of carbonyl (C=O) groups is 1. The summed E-state index contributed by atoms with van der Waals surface area (Å²) < 4.78 is 38.9. The Labute approximate surface area is 191 Å². The number of anilines is 1. The number of hydrogen-bond donors (Lipinski definition) is 1. The Balaban J connectivity index is 1.54. The summed E-state index contributed by atoms with van der Waals surface area (Å²) in [5.74, 6) is 1.04. The number of hydrogen-bond acceptors (Lipinski definition) is 5. The molecule has 0 spiro atoms. The van der Waals surface area contributed by atoms with Crippen LogP contribution in [0.5, 0.6) is 11.5 Å². The zero-order chi connectivity index (χ0) is 22.7. The van der Waals surface area contributed by atoms with Gasteiger partial charge in [0.25, 0.3) is 15.9 Å². The van der Waals surface area contributed by atoms with Crippen molar-refractivity contribution in [3.63, 3.8) is 0 Å². The Hall–Kier alpha value is -3.23. The van der Waals surface area contributed by atoms with E-state index in [-0.39, 0.29) is 33.9 Å². The van der Waals surface area contributed by atoms with Gasteiger partial charge >= 0.3 is 0 Å². The number of amides is 1. The van der Waals surface area contributed by atoms with Gasteiger partial charge in [0.05, 0.1) is 15.6 Å². The van der Waals surface area contributed by atoms with Crippen LogP contribution in [0.4, 0.5) is 5.69 Å². The second-order valence-electron chi connectivity index (χ2n) is 7.12. The van der Waals surface area contributed by atoms with Crippen LogP contribution in [0.25, 0.3) is 0 Å². The van der Waals surface area contributed by atoms with Crippen LogP contribution in [0.2, 0.25) is 5.02 Å². The topological polar surface area (TPSA) is 84.9 Å². The molecule has 0 aliphatic carbocycles. The zero-order valence-electron chi connectivity index (χ0n) is 17.2. The molecule has 9 heteroatoms. The molecule has 0 fully saturated rings. The number of rotatable bonds is 7. The summed E-state index contributed by atoms with van der Waals surface area (Å²) in [4.78, 5) is 14.7. The predicted molar refractivity (Wildman–Crippen MR) is 122 cm³/mol. The van der Waals surface area contributed by atoms with Crippen LogP contribution >= 0.6 is 11.6 Å². The maximum atomic E-state index is 13.1. The lowest BCUT2D eigenvalue weighted by Crippen LogP contribution is -2.30. The fourth-order valence-electron chi connectivity index (χ4n) is 3.31. The van der Waals surface area contributed by atoms with Gasteiger partial charge < -0.3 is 14.4 Å². The molecule has 1 aliphatic heterocycles. The van der Waals surface area contributed by atoms with E-state index < -0.39 is 10.0 Å². The van der Waals surface area contributed by atoms with E-state index in [4.69, 9.17) is 21.1 Å². The van der Waals surface area contributed by atoms with Gasteiger partial charge in [0.1, 0.15) is 0 Å². The average Bonchev–Trinajstić information content (AvgIpc) is 3.26. The SMILES string of the molecule is CCN(Cc1ccc2c(c1)OCO2)C(=O)c1cccc(S(=O)(=O)Nc2ccccc2Cl)c1. The Morgan fingerprint density at radius 1 is 1.03 bits per heavy atom. The predicted octanol–water partition coefficient (Wildman–Crippen LogP) is 4.53. The van der Waals surface area contributed by atoms with Gasteiger partial charge in [-0.25, -0.2) is 8.42 Å². The molecule has 1 heterocycles. The Morgan fingerprint density at radius 3 is 2.59 bits per heavy atom. The van der Waals surface area contributed by atoms with Crippen molar-refractivity contribution in [3.8, 4) is 11.5 Å². The van der Waals surface area contributed by atoms with Crippen LogP contribution in [0.3, 0.4) is 0 Å². The summed E-state index contributed by atoms with van der Waals surface area (Å²) in [6.45, 7) is 2.84. The van der Waals surface area contributed by atoms with Crippen molar-refractivity contribution < 1.29 is 22.7 Å². The number of halogens is 1. The number of fused-ring (bicyclic) bond motifs is 1. The second-order valence-corrected chi connectivity index (χ2v) is 9.21. The highest BCUT2D eigenvalue weighted by Crippen LogP contribution is 2.33. The third-order valence-electron chi connectivity index (χ3n) is 4.99. The first-order valence-electron chi connectivity index (χ1n) is 9.92. The monoisotopic (exact) mass is 472 g/mol. The number of carbonyl (C=O) groups excluding carboxylic acids is 1. The summed E-state index contributed by atoms with van der Waals surface area (Å²) in [5.41, 5.74) is 1.42. The molecule has 1 amide bonds. The number of para-hydroxylation sites is 1. The third kappa shape index (κ3) is 4.66. The quantitative estimate of drug-likeness (QED) is 0.546. The molecule has 0 unspecified atom stereocenters. The molecule has 4 rings (SSSR count). The van der Waals surface area contributed by atoms with Gasteiger partial charge in [0.2, 0.25) is 6.79 Å². The largest absolute Gasteiger partial charge is 0.454 e. The first-order valence-corrected chi connectivity index (χ1v) is 11.8. The molecular weight excluding hydrogens is 452 g/mol. The van der Waals surface area contributed by atoms with Crippen molar-refractivity contribution >= 4 is 33.2 Å². The van der Waals surface area contributed by atoms with E-state index in [0.717, 1.165) is 5.56 Å². The Bertz CT molecular complexity index is 1260. The number of ether oxygens (including phenoxy) is 2. The molecule has 0 aromatic heterocycles. The highest BCUT2D eigenvalue weighted by molar-refractivity contribution is 7.92. The third-order valence-corrected chi connectivity index (χ3v) is 6.68. The van der Waals surface area contributed by atoms with Crippen LogP contribution in [0.15, 0.2) is 71.6 Å². The van der Waals surface area contributed by atoms with Gasteiger partial charge in [-0.15, -0.1) is 0 Å². The van der Waals surface area contributed by atoms with Crippen LogP contribution < -0.4 is 14.2 Å². The molecule has 0 atom stereocenters. The van der Waals surface area contributed by atoms with Crippen LogP contribution in [-0.2, 0) is 16.6 Å². The molecule has 32 heavy (non-hydrogen) atoms. The Morgan fingerprint density at radius 2 is 1.81 bits per heavy atom. The summed E-state index contributed by atoms with van der Waals surface area (Å²) in [6, 6.07) is 18.0. The summed E-state index contributed by atoms with van der Waals surface area (Å²) >= 11 is 6.07. The summed E-state index contributed by atoms with van der Waals surface area (Å²) in [5, 5.41) is 0.282. The minimum atomic E-state index is -3.93. The highest BCUT2D eigenvalue weighted by Gasteiger charge is 2.21. The normalized spacial score (nSPS) is 12.4. The van der Waals surface area contributed by atoms with Crippen molar-refractivity contribution in [2.24, 2.45) is 0 Å². The van der Waals surface area contributed by atoms with Crippen LogP contribution in [0.1, 0.15) is 22.8 Å². The lowest BCUT2D eigenvalue weighted by Gasteiger charge is -2.21. The minimum absolute atomic E-state index is 0.0256. The molecule has 0 bridgehead atoms. The molecule has 166 valence electrons. The van der Waals surface area contributed by atoms with E-state index in [0.29, 0.717) is 24.6 Å². The number of sulfonamides is 1. The number of benzene rings is 3. The van der Waals surface area contributed by atoms with Crippen molar-refractivity contribution in [2.45, 2.75) is 18.4 Å². The highest BCUT2D eigenvalue weighted by atomic mass is 35.5. The number of nitrogens with zero attached hydrogens (tertiary/aromatic N) is 1. The number of nitrogens with one attached hydrogen (secondary N) is 1. The van der Waals surface area contributed by atoms with E-state index in [2.05, 4.69) is 4.72 Å². The van der Waals surface area contributed by atoms with Crippen molar-refractivity contribution in [1.29, 1.82) is 0 Å². The van der Waals surface area contributed by atoms with E-state index in [1.54, 1.807) is 41.3 Å². The lowest BCUT2D eigenvalue weighted by atomic mass is 10.1. The average molecular weight is 473 g/mol. The maximum Gasteiger partial charge on any atom is 0.261 e. The van der Waals surface area contributed by atoms with Gasteiger partial charge in [-0.2, -0.15) is 0 Å².